The average molecular weight is 411 g/mol. The van der Waals surface area contributed by atoms with Gasteiger partial charge in [-0.3, -0.25) is 19.3 Å². The summed E-state index contributed by atoms with van der Waals surface area (Å²) in [6, 6.07) is 9.88. The van der Waals surface area contributed by atoms with Gasteiger partial charge in [0.2, 0.25) is 5.91 Å². The van der Waals surface area contributed by atoms with Crippen LogP contribution in [0.15, 0.2) is 41.3 Å². The van der Waals surface area contributed by atoms with Crippen molar-refractivity contribution < 1.29 is 9.59 Å². The molecule has 1 aromatic carbocycles. The number of rotatable bonds is 8. The molecule has 2 heterocycles. The van der Waals surface area contributed by atoms with Crippen LogP contribution in [0.25, 0.3) is 0 Å². The number of hydrogen-bond acceptors (Lipinski definition) is 4. The summed E-state index contributed by atoms with van der Waals surface area (Å²) >= 11 is 0. The molecule has 1 aliphatic rings. The fraction of sp³-hybridized carbons (Fsp3) is 0.435. The number of carbonyl (C=O) groups excluding carboxylic acids is 2. The average Bonchev–Trinajstić information content (AvgIpc) is 2.75. The number of nitrogens with zero attached hydrogens (tertiary/aromatic N) is 3. The Morgan fingerprint density at radius 3 is 2.47 bits per heavy atom. The molecule has 0 saturated carbocycles. The molecule has 0 unspecified atom stereocenters. The van der Waals surface area contributed by atoms with E-state index < -0.39 is 5.91 Å². The van der Waals surface area contributed by atoms with Crippen molar-refractivity contribution in [2.45, 2.75) is 39.8 Å². The van der Waals surface area contributed by atoms with E-state index in [0.29, 0.717) is 44.6 Å². The highest BCUT2D eigenvalue weighted by atomic mass is 16.2. The van der Waals surface area contributed by atoms with Crippen molar-refractivity contribution in [1.82, 2.24) is 14.4 Å². The summed E-state index contributed by atoms with van der Waals surface area (Å²) in [4.78, 5) is 41.6. The first-order valence-corrected chi connectivity index (χ1v) is 10.5. The summed E-state index contributed by atoms with van der Waals surface area (Å²) in [7, 11) is 0. The van der Waals surface area contributed by atoms with Crippen LogP contribution < -0.4 is 11.3 Å². The third kappa shape index (κ3) is 4.79. The molecule has 0 bridgehead atoms. The van der Waals surface area contributed by atoms with Crippen LogP contribution in [0.3, 0.4) is 0 Å². The summed E-state index contributed by atoms with van der Waals surface area (Å²) in [6.45, 7) is 7.40. The molecule has 7 nitrogen and oxygen atoms in total. The SMILES string of the molecule is CCN(CC)CC(=O)N1CCc2c(cn(CCc3ccccc3)c(=O)c2C(N)=O)C1. The lowest BCUT2D eigenvalue weighted by Crippen LogP contribution is -2.44. The Morgan fingerprint density at radius 2 is 1.83 bits per heavy atom. The smallest absolute Gasteiger partial charge is 0.263 e. The molecule has 0 atom stereocenters. The summed E-state index contributed by atoms with van der Waals surface area (Å²) in [5.41, 5.74) is 7.92. The molecule has 3 rings (SSSR count). The highest BCUT2D eigenvalue weighted by Gasteiger charge is 2.27. The maximum absolute atomic E-state index is 12.9. The minimum atomic E-state index is -0.701. The predicted octanol–water partition coefficient (Wildman–Crippen LogP) is 1.42. The standard InChI is InChI=1S/C23H30N4O3/c1-3-25(4-2)16-20(28)26-13-11-19-18(14-26)15-27(23(30)21(19)22(24)29)12-10-17-8-6-5-7-9-17/h5-9,15H,3-4,10-14,16H2,1-2H3,(H2,24,29). The van der Waals surface area contributed by atoms with Crippen LogP contribution in [-0.4, -0.2) is 52.4 Å². The van der Waals surface area contributed by atoms with E-state index in [0.717, 1.165) is 24.2 Å². The first-order chi connectivity index (χ1) is 14.4. The summed E-state index contributed by atoms with van der Waals surface area (Å²) in [5, 5.41) is 0. The van der Waals surface area contributed by atoms with Crippen LogP contribution in [0.2, 0.25) is 0 Å². The first-order valence-electron chi connectivity index (χ1n) is 10.5. The van der Waals surface area contributed by atoms with Gasteiger partial charge in [-0.1, -0.05) is 44.2 Å². The second-order valence-corrected chi connectivity index (χ2v) is 7.63. The van der Waals surface area contributed by atoms with E-state index in [-0.39, 0.29) is 17.0 Å². The van der Waals surface area contributed by atoms with E-state index in [1.807, 2.05) is 44.2 Å². The van der Waals surface area contributed by atoms with Gasteiger partial charge in [-0.2, -0.15) is 0 Å². The molecule has 30 heavy (non-hydrogen) atoms. The molecule has 2 aromatic rings. The quantitative estimate of drug-likeness (QED) is 0.713. The van der Waals surface area contributed by atoms with Crippen molar-refractivity contribution in [1.29, 1.82) is 0 Å². The Morgan fingerprint density at radius 1 is 1.13 bits per heavy atom. The molecule has 7 heteroatoms. The molecule has 2 amide bonds. The maximum Gasteiger partial charge on any atom is 0.263 e. The normalized spacial score (nSPS) is 13.4. The number of likely N-dealkylation sites (N-methyl/N-ethyl adjacent to an activating group) is 1. The van der Waals surface area contributed by atoms with Gasteiger partial charge in [0.1, 0.15) is 5.56 Å². The molecular weight excluding hydrogens is 380 g/mol. The zero-order valence-electron chi connectivity index (χ0n) is 17.8. The minimum Gasteiger partial charge on any atom is -0.365 e. The van der Waals surface area contributed by atoms with Gasteiger partial charge >= 0.3 is 0 Å². The van der Waals surface area contributed by atoms with Crippen molar-refractivity contribution in [3.05, 3.63) is 69.1 Å². The van der Waals surface area contributed by atoms with Crippen molar-refractivity contribution in [3.8, 4) is 0 Å². The molecule has 2 N–H and O–H groups in total. The lowest BCUT2D eigenvalue weighted by atomic mass is 9.96. The molecule has 1 aliphatic heterocycles. The predicted molar refractivity (Wildman–Crippen MR) is 116 cm³/mol. The van der Waals surface area contributed by atoms with Gasteiger partial charge in [0, 0.05) is 25.8 Å². The van der Waals surface area contributed by atoms with Crippen LogP contribution in [0.4, 0.5) is 0 Å². The van der Waals surface area contributed by atoms with E-state index in [9.17, 15) is 14.4 Å². The molecule has 0 spiro atoms. The maximum atomic E-state index is 12.9. The number of aryl methyl sites for hydroxylation is 2. The Bertz CT molecular complexity index is 964. The fourth-order valence-electron chi connectivity index (χ4n) is 3.98. The third-order valence-corrected chi connectivity index (χ3v) is 5.81. The topological polar surface area (TPSA) is 88.6 Å². The van der Waals surface area contributed by atoms with E-state index in [1.54, 1.807) is 15.7 Å². The first kappa shape index (κ1) is 21.8. The zero-order valence-corrected chi connectivity index (χ0v) is 17.8. The van der Waals surface area contributed by atoms with Gasteiger partial charge < -0.3 is 15.2 Å². The zero-order chi connectivity index (χ0) is 21.7. The van der Waals surface area contributed by atoms with Crippen molar-refractivity contribution in [2.24, 2.45) is 5.73 Å². The second-order valence-electron chi connectivity index (χ2n) is 7.63. The number of amides is 2. The molecule has 0 saturated heterocycles. The largest absolute Gasteiger partial charge is 0.365 e. The van der Waals surface area contributed by atoms with Crippen molar-refractivity contribution in [2.75, 3.05) is 26.2 Å². The van der Waals surface area contributed by atoms with Crippen LogP contribution in [0, 0.1) is 0 Å². The van der Waals surface area contributed by atoms with Crippen molar-refractivity contribution >= 4 is 11.8 Å². The van der Waals surface area contributed by atoms with E-state index in [1.165, 1.54) is 0 Å². The summed E-state index contributed by atoms with van der Waals surface area (Å²) in [6.07, 6.45) is 2.93. The number of aromatic nitrogens is 1. The Balaban J connectivity index is 1.86. The Labute approximate surface area is 177 Å². The molecule has 1 aromatic heterocycles. The second kappa shape index (κ2) is 9.71. The van der Waals surface area contributed by atoms with Crippen LogP contribution in [0.5, 0.6) is 0 Å². The Hall–Kier alpha value is -2.93. The molecule has 0 radical (unpaired) electrons. The number of carbonyl (C=O) groups is 2. The third-order valence-electron chi connectivity index (χ3n) is 5.81. The lowest BCUT2D eigenvalue weighted by Gasteiger charge is -2.32. The van der Waals surface area contributed by atoms with Gasteiger partial charge in [-0.05, 0) is 42.6 Å². The van der Waals surface area contributed by atoms with Gasteiger partial charge in [0.25, 0.3) is 11.5 Å². The molecular formula is C23H30N4O3. The molecule has 0 aliphatic carbocycles. The number of benzene rings is 1. The van der Waals surface area contributed by atoms with E-state index in [2.05, 4.69) is 4.90 Å². The minimum absolute atomic E-state index is 0.0620. The summed E-state index contributed by atoms with van der Waals surface area (Å²) in [5.74, 6) is -0.639. The van der Waals surface area contributed by atoms with E-state index >= 15 is 0 Å². The number of hydrogen-bond donors (Lipinski definition) is 1. The number of pyridine rings is 1. The van der Waals surface area contributed by atoms with Crippen LogP contribution in [0.1, 0.15) is 40.9 Å². The number of fused-ring (bicyclic) bond motifs is 1. The van der Waals surface area contributed by atoms with Gasteiger partial charge in [0.15, 0.2) is 0 Å². The van der Waals surface area contributed by atoms with Gasteiger partial charge in [-0.25, -0.2) is 0 Å². The van der Waals surface area contributed by atoms with Crippen molar-refractivity contribution in [3.63, 3.8) is 0 Å². The summed E-state index contributed by atoms with van der Waals surface area (Å²) < 4.78 is 1.56. The number of nitrogens with two attached hydrogens (primary N) is 1. The lowest BCUT2D eigenvalue weighted by molar-refractivity contribution is -0.133. The molecule has 160 valence electrons. The Kier molecular flexibility index (Phi) is 7.05. The fourth-order valence-corrected chi connectivity index (χ4v) is 3.98. The van der Waals surface area contributed by atoms with Gasteiger partial charge in [0.05, 0.1) is 6.54 Å². The highest BCUT2D eigenvalue weighted by molar-refractivity contribution is 5.94. The monoisotopic (exact) mass is 410 g/mol. The van der Waals surface area contributed by atoms with E-state index in [4.69, 9.17) is 5.73 Å². The number of primary amides is 1. The highest BCUT2D eigenvalue weighted by Crippen LogP contribution is 2.21. The molecule has 0 fully saturated rings. The van der Waals surface area contributed by atoms with Gasteiger partial charge in [-0.15, -0.1) is 0 Å². The van der Waals surface area contributed by atoms with Crippen LogP contribution >= 0.6 is 0 Å². The van der Waals surface area contributed by atoms with Crippen LogP contribution in [-0.2, 0) is 30.7 Å².